The Labute approximate surface area is 163 Å². The van der Waals surface area contributed by atoms with E-state index >= 15 is 0 Å². The molecule has 0 fully saturated rings. The highest BCUT2D eigenvalue weighted by atomic mass is 15.0. The van der Waals surface area contributed by atoms with Gasteiger partial charge in [-0.05, 0) is 40.5 Å². The molecule has 3 heteroatoms. The summed E-state index contributed by atoms with van der Waals surface area (Å²) in [6.07, 6.45) is 5.34. The van der Waals surface area contributed by atoms with Gasteiger partial charge in [-0.15, -0.1) is 0 Å². The van der Waals surface area contributed by atoms with Gasteiger partial charge in [0.05, 0.1) is 29.1 Å². The third-order valence-electron chi connectivity index (χ3n) is 6.18. The van der Waals surface area contributed by atoms with Crippen molar-refractivity contribution in [3.05, 3.63) is 90.5 Å². The van der Waals surface area contributed by atoms with E-state index in [1.165, 1.54) is 44.1 Å². The molecule has 0 saturated carbocycles. The van der Waals surface area contributed by atoms with Gasteiger partial charge < -0.3 is 4.57 Å². The van der Waals surface area contributed by atoms with E-state index < -0.39 is 0 Å². The molecule has 2 aromatic heterocycles. The maximum atomic E-state index is 4.26. The highest BCUT2D eigenvalue weighted by Crippen LogP contribution is 2.50. The molecule has 28 heavy (non-hydrogen) atoms. The molecule has 6 rings (SSSR count). The van der Waals surface area contributed by atoms with Gasteiger partial charge in [0.25, 0.3) is 0 Å². The minimum absolute atomic E-state index is 0.0193. The number of fused-ring (bicyclic) bond motifs is 6. The van der Waals surface area contributed by atoms with Crippen LogP contribution in [0.5, 0.6) is 0 Å². The van der Waals surface area contributed by atoms with Crippen molar-refractivity contribution in [1.82, 2.24) is 14.5 Å². The summed E-state index contributed by atoms with van der Waals surface area (Å²) in [7, 11) is 0. The van der Waals surface area contributed by atoms with Crippen molar-refractivity contribution in [2.24, 2.45) is 0 Å². The SMILES string of the molecule is CC1(C)c2ccccc2-c2cc3c4ccccc4n(-c4cncnc4)c3cc21. The molecule has 0 N–H and O–H groups in total. The van der Waals surface area contributed by atoms with E-state index in [9.17, 15) is 0 Å². The Kier molecular flexibility index (Phi) is 2.95. The predicted octanol–water partition coefficient (Wildman–Crippen LogP) is 5.88. The highest BCUT2D eigenvalue weighted by molar-refractivity contribution is 6.11. The second kappa shape index (κ2) is 5.29. The summed E-state index contributed by atoms with van der Waals surface area (Å²) >= 11 is 0. The summed E-state index contributed by atoms with van der Waals surface area (Å²) in [6.45, 7) is 4.64. The average molecular weight is 361 g/mol. The van der Waals surface area contributed by atoms with Crippen molar-refractivity contribution < 1.29 is 0 Å². The van der Waals surface area contributed by atoms with Crippen molar-refractivity contribution in [3.8, 4) is 16.8 Å². The zero-order chi connectivity index (χ0) is 18.9. The van der Waals surface area contributed by atoms with Gasteiger partial charge in [-0.25, -0.2) is 9.97 Å². The van der Waals surface area contributed by atoms with Gasteiger partial charge in [0.1, 0.15) is 6.33 Å². The van der Waals surface area contributed by atoms with Gasteiger partial charge in [-0.3, -0.25) is 0 Å². The van der Waals surface area contributed by atoms with E-state index in [4.69, 9.17) is 0 Å². The molecular formula is C25H19N3. The van der Waals surface area contributed by atoms with Crippen LogP contribution in [-0.2, 0) is 5.41 Å². The molecule has 0 saturated heterocycles. The van der Waals surface area contributed by atoms with Crippen LogP contribution in [-0.4, -0.2) is 14.5 Å². The summed E-state index contributed by atoms with van der Waals surface area (Å²) < 4.78 is 2.28. The van der Waals surface area contributed by atoms with Crippen molar-refractivity contribution in [3.63, 3.8) is 0 Å². The molecule has 0 radical (unpaired) electrons. The monoisotopic (exact) mass is 361 g/mol. The third kappa shape index (κ3) is 1.88. The summed E-state index contributed by atoms with van der Waals surface area (Å²) in [5.74, 6) is 0. The number of hydrogen-bond donors (Lipinski definition) is 0. The van der Waals surface area contributed by atoms with Gasteiger partial charge in [0.15, 0.2) is 0 Å². The first kappa shape index (κ1) is 15.6. The lowest BCUT2D eigenvalue weighted by Crippen LogP contribution is -2.15. The third-order valence-corrected chi connectivity index (χ3v) is 6.18. The smallest absolute Gasteiger partial charge is 0.115 e. The highest BCUT2D eigenvalue weighted by Gasteiger charge is 2.36. The fourth-order valence-electron chi connectivity index (χ4n) is 4.85. The Balaban J connectivity index is 1.79. The normalized spacial score (nSPS) is 14.4. The zero-order valence-electron chi connectivity index (χ0n) is 15.8. The van der Waals surface area contributed by atoms with Crippen LogP contribution in [0.3, 0.4) is 0 Å². The number of nitrogens with zero attached hydrogens (tertiary/aromatic N) is 3. The van der Waals surface area contributed by atoms with Crippen LogP contribution in [0.25, 0.3) is 38.6 Å². The molecule has 3 nitrogen and oxygen atoms in total. The molecule has 0 spiro atoms. The molecule has 1 aliphatic rings. The number of aromatic nitrogens is 3. The van der Waals surface area contributed by atoms with Gasteiger partial charge in [-0.2, -0.15) is 0 Å². The van der Waals surface area contributed by atoms with E-state index in [0.29, 0.717) is 0 Å². The summed E-state index contributed by atoms with van der Waals surface area (Å²) in [6, 6.07) is 22.1. The first-order valence-corrected chi connectivity index (χ1v) is 9.59. The Morgan fingerprint density at radius 3 is 2.32 bits per heavy atom. The van der Waals surface area contributed by atoms with E-state index in [0.717, 1.165) is 5.69 Å². The summed E-state index contributed by atoms with van der Waals surface area (Å²) in [5.41, 5.74) is 8.83. The molecular weight excluding hydrogens is 342 g/mol. The molecule has 134 valence electrons. The maximum absolute atomic E-state index is 4.26. The minimum Gasteiger partial charge on any atom is -0.306 e. The van der Waals surface area contributed by atoms with Crippen LogP contribution in [0.4, 0.5) is 0 Å². The molecule has 5 aromatic rings. The van der Waals surface area contributed by atoms with Gasteiger partial charge in [0, 0.05) is 16.2 Å². The van der Waals surface area contributed by atoms with E-state index in [1.54, 1.807) is 6.33 Å². The summed E-state index contributed by atoms with van der Waals surface area (Å²) in [4.78, 5) is 8.51. The molecule has 0 aliphatic heterocycles. The maximum Gasteiger partial charge on any atom is 0.115 e. The second-order valence-corrected chi connectivity index (χ2v) is 8.03. The lowest BCUT2D eigenvalue weighted by molar-refractivity contribution is 0.661. The van der Waals surface area contributed by atoms with Crippen molar-refractivity contribution in [2.75, 3.05) is 0 Å². The Morgan fingerprint density at radius 2 is 1.46 bits per heavy atom. The lowest BCUT2D eigenvalue weighted by Gasteiger charge is -2.21. The minimum atomic E-state index is -0.0193. The lowest BCUT2D eigenvalue weighted by atomic mass is 9.82. The standard InChI is InChI=1S/C25H19N3/c1-25(2)21-9-5-3-7-17(21)19-11-20-18-8-4-6-10-23(18)28(24(20)12-22(19)25)16-13-26-15-27-14-16/h3-15H,1-2H3. The molecule has 0 bridgehead atoms. The number of hydrogen-bond acceptors (Lipinski definition) is 2. The van der Waals surface area contributed by atoms with Gasteiger partial charge in [0.2, 0.25) is 0 Å². The molecule has 0 amide bonds. The quantitative estimate of drug-likeness (QED) is 0.373. The van der Waals surface area contributed by atoms with Crippen LogP contribution in [0.2, 0.25) is 0 Å². The van der Waals surface area contributed by atoms with Crippen molar-refractivity contribution >= 4 is 21.8 Å². The Bertz CT molecular complexity index is 1380. The number of benzene rings is 3. The average Bonchev–Trinajstić information content (AvgIpc) is 3.17. The van der Waals surface area contributed by atoms with E-state index in [2.05, 4.69) is 89.0 Å². The largest absolute Gasteiger partial charge is 0.306 e. The van der Waals surface area contributed by atoms with Crippen LogP contribution < -0.4 is 0 Å². The summed E-state index contributed by atoms with van der Waals surface area (Å²) in [5, 5.41) is 2.53. The Hall–Kier alpha value is -3.46. The fourth-order valence-corrected chi connectivity index (χ4v) is 4.85. The topological polar surface area (TPSA) is 30.7 Å². The second-order valence-electron chi connectivity index (χ2n) is 8.03. The van der Waals surface area contributed by atoms with Crippen LogP contribution >= 0.6 is 0 Å². The van der Waals surface area contributed by atoms with E-state index in [-0.39, 0.29) is 5.41 Å². The molecule has 3 aromatic carbocycles. The predicted molar refractivity (Wildman–Crippen MR) is 114 cm³/mol. The van der Waals surface area contributed by atoms with Gasteiger partial charge >= 0.3 is 0 Å². The van der Waals surface area contributed by atoms with Gasteiger partial charge in [-0.1, -0.05) is 56.3 Å². The zero-order valence-corrected chi connectivity index (χ0v) is 15.8. The molecule has 2 heterocycles. The molecule has 0 atom stereocenters. The first-order valence-electron chi connectivity index (χ1n) is 9.59. The molecule has 1 aliphatic carbocycles. The van der Waals surface area contributed by atoms with Crippen LogP contribution in [0.1, 0.15) is 25.0 Å². The first-order chi connectivity index (χ1) is 13.7. The number of rotatable bonds is 1. The van der Waals surface area contributed by atoms with Crippen LogP contribution in [0, 0.1) is 0 Å². The van der Waals surface area contributed by atoms with E-state index in [1.807, 2.05) is 12.4 Å². The molecule has 0 unspecified atom stereocenters. The Morgan fingerprint density at radius 1 is 0.714 bits per heavy atom. The van der Waals surface area contributed by atoms with Crippen molar-refractivity contribution in [1.29, 1.82) is 0 Å². The fraction of sp³-hybridized carbons (Fsp3) is 0.120. The van der Waals surface area contributed by atoms with Crippen LogP contribution in [0.15, 0.2) is 79.4 Å². The van der Waals surface area contributed by atoms with Crippen molar-refractivity contribution in [2.45, 2.75) is 19.3 Å². The number of para-hydroxylation sites is 1.